The molecule has 2 heterocycles. The van der Waals surface area contributed by atoms with E-state index in [0.717, 1.165) is 10.5 Å². The maximum atomic E-state index is 15.3. The maximum absolute atomic E-state index is 15.3. The number of likely N-dealkylation sites (tertiary alicyclic amines) is 1. The summed E-state index contributed by atoms with van der Waals surface area (Å²) in [6.07, 6.45) is -7.51. The average Bonchev–Trinajstić information content (AvgIpc) is 3.61. The Labute approximate surface area is 331 Å². The van der Waals surface area contributed by atoms with Crippen molar-refractivity contribution in [2.24, 2.45) is 5.92 Å². The van der Waals surface area contributed by atoms with Crippen molar-refractivity contribution in [3.8, 4) is 5.75 Å². The van der Waals surface area contributed by atoms with E-state index in [0.29, 0.717) is 16.3 Å². The summed E-state index contributed by atoms with van der Waals surface area (Å²) in [5, 5.41) is 5.36. The summed E-state index contributed by atoms with van der Waals surface area (Å²) in [5.41, 5.74) is 1.30. The third-order valence-corrected chi connectivity index (χ3v) is 9.58. The highest BCUT2D eigenvalue weighted by Crippen LogP contribution is 2.29. The molecule has 57 heavy (non-hydrogen) atoms. The second-order valence-corrected chi connectivity index (χ2v) is 14.4. The van der Waals surface area contributed by atoms with Gasteiger partial charge in [-0.25, -0.2) is 0 Å². The minimum absolute atomic E-state index is 0.00641. The number of carbonyl (C=O) groups excluding carboxylic acids is 5. The summed E-state index contributed by atoms with van der Waals surface area (Å²) >= 11 is 6.21. The maximum Gasteiger partial charge on any atom is 0.389 e. The number of hydrogen-bond donors (Lipinski definition) is 2. The van der Waals surface area contributed by atoms with Crippen molar-refractivity contribution in [2.45, 2.75) is 95.3 Å². The Balaban J connectivity index is 1.60. The standard InChI is InChI=1S/C40H44ClF5N4O7/c1-24(2)34(35(52)40(45,46)33(51)12-4-6-17-39(42,43)44)49-37(54)32-21-29(57-23-25-13-15-28(56-3)16-14-25)22-50(32)38(55)31(20-26-9-8-10-27(41)19-26)48-36(53)30-11-5-7-18-47-30/h5,7-11,13-16,18-19,24,29,31-32,34H,4,6,12,17,20-23H2,1-3H3,(H,48,53)(H,49,54)/t29-,31+,32+,34+/m1/s1. The number of halogens is 6. The number of Topliss-reactive ketones (excluding diaryl/α,β-unsaturated/α-hetero) is 2. The van der Waals surface area contributed by atoms with Crippen LogP contribution in [0.3, 0.4) is 0 Å². The molecule has 3 aromatic rings. The highest BCUT2D eigenvalue weighted by molar-refractivity contribution is 6.30. The number of methoxy groups -OCH3 is 1. The molecule has 1 aliphatic rings. The van der Waals surface area contributed by atoms with Crippen molar-refractivity contribution in [3.63, 3.8) is 0 Å². The number of ether oxygens (including phenoxy) is 2. The van der Waals surface area contributed by atoms with Crippen LogP contribution in [0.5, 0.6) is 5.75 Å². The quantitative estimate of drug-likeness (QED) is 0.0815. The molecular weight excluding hydrogens is 779 g/mol. The van der Waals surface area contributed by atoms with Gasteiger partial charge in [0.1, 0.15) is 23.5 Å². The van der Waals surface area contributed by atoms with Gasteiger partial charge in [-0.05, 0) is 66.3 Å². The molecule has 1 fully saturated rings. The van der Waals surface area contributed by atoms with E-state index in [2.05, 4.69) is 15.6 Å². The van der Waals surface area contributed by atoms with E-state index in [4.69, 9.17) is 21.1 Å². The third-order valence-electron chi connectivity index (χ3n) is 9.34. The first-order chi connectivity index (χ1) is 26.9. The van der Waals surface area contributed by atoms with Crippen molar-refractivity contribution in [3.05, 3.63) is 94.8 Å². The van der Waals surface area contributed by atoms with E-state index in [1.807, 2.05) is 0 Å². The van der Waals surface area contributed by atoms with Crippen LogP contribution in [0.2, 0.25) is 5.02 Å². The highest BCUT2D eigenvalue weighted by atomic mass is 35.5. The minimum Gasteiger partial charge on any atom is -0.497 e. The van der Waals surface area contributed by atoms with Gasteiger partial charge in [-0.1, -0.05) is 55.8 Å². The van der Waals surface area contributed by atoms with Crippen LogP contribution in [0, 0.1) is 5.92 Å². The van der Waals surface area contributed by atoms with Gasteiger partial charge in [-0.3, -0.25) is 29.0 Å². The van der Waals surface area contributed by atoms with Gasteiger partial charge < -0.3 is 25.0 Å². The van der Waals surface area contributed by atoms with Gasteiger partial charge in [-0.2, -0.15) is 22.0 Å². The molecule has 4 rings (SSSR count). The highest BCUT2D eigenvalue weighted by Gasteiger charge is 2.51. The topological polar surface area (TPSA) is 144 Å². The molecule has 0 bridgehead atoms. The van der Waals surface area contributed by atoms with Gasteiger partial charge >= 0.3 is 12.1 Å². The number of hydrogen-bond acceptors (Lipinski definition) is 8. The fourth-order valence-electron chi connectivity index (χ4n) is 6.26. The number of rotatable bonds is 19. The molecule has 0 spiro atoms. The Bertz CT molecular complexity index is 1860. The van der Waals surface area contributed by atoms with E-state index in [9.17, 15) is 37.1 Å². The molecule has 0 radical (unpaired) electrons. The number of nitrogens with one attached hydrogen (secondary N) is 2. The number of nitrogens with zero attached hydrogens (tertiary/aromatic N) is 2. The van der Waals surface area contributed by atoms with E-state index in [1.165, 1.54) is 33.2 Å². The molecule has 3 amide bonds. The van der Waals surface area contributed by atoms with E-state index in [1.54, 1.807) is 60.7 Å². The predicted octanol–water partition coefficient (Wildman–Crippen LogP) is 6.31. The number of pyridine rings is 1. The van der Waals surface area contributed by atoms with Gasteiger partial charge in [0, 0.05) is 43.4 Å². The Kier molecular flexibility index (Phi) is 15.7. The molecule has 2 aromatic carbocycles. The van der Waals surface area contributed by atoms with Crippen LogP contribution in [-0.2, 0) is 36.9 Å². The molecule has 0 aliphatic carbocycles. The van der Waals surface area contributed by atoms with Gasteiger partial charge in [-0.15, -0.1) is 0 Å². The van der Waals surface area contributed by atoms with Gasteiger partial charge in [0.05, 0.1) is 25.9 Å². The van der Waals surface area contributed by atoms with Crippen molar-refractivity contribution < 1.29 is 55.4 Å². The number of aromatic nitrogens is 1. The molecule has 308 valence electrons. The number of ketones is 2. The fourth-order valence-corrected chi connectivity index (χ4v) is 6.47. The largest absolute Gasteiger partial charge is 0.497 e. The average molecular weight is 823 g/mol. The number of amides is 3. The molecule has 1 aromatic heterocycles. The summed E-state index contributed by atoms with van der Waals surface area (Å²) in [7, 11) is 1.51. The van der Waals surface area contributed by atoms with Crippen LogP contribution in [0.15, 0.2) is 72.9 Å². The van der Waals surface area contributed by atoms with Gasteiger partial charge in [0.25, 0.3) is 5.91 Å². The molecule has 4 atom stereocenters. The molecule has 11 nitrogen and oxygen atoms in total. The SMILES string of the molecule is COc1ccc(CO[C@@H]2C[C@@H](C(=O)N[C@H](C(=O)C(F)(F)C(=O)CCCCC(F)(F)F)C(C)C)N(C(=O)[C@H](Cc3cccc(Cl)c3)NC(=O)c3ccccn3)C2)cc1. The van der Waals surface area contributed by atoms with E-state index >= 15 is 8.78 Å². The van der Waals surface area contributed by atoms with Gasteiger partial charge in [0.15, 0.2) is 0 Å². The lowest BCUT2D eigenvalue weighted by molar-refractivity contribution is -0.160. The summed E-state index contributed by atoms with van der Waals surface area (Å²) in [4.78, 5) is 72.8. The number of alkyl halides is 5. The molecule has 0 saturated carbocycles. The lowest BCUT2D eigenvalue weighted by atomic mass is 9.92. The Morgan fingerprint density at radius 3 is 2.26 bits per heavy atom. The summed E-state index contributed by atoms with van der Waals surface area (Å²) in [6.45, 7) is 2.60. The molecule has 17 heteroatoms. The molecule has 2 N–H and O–H groups in total. The second-order valence-electron chi connectivity index (χ2n) is 14.0. The summed E-state index contributed by atoms with van der Waals surface area (Å²) in [6, 6.07) is 13.5. The van der Waals surface area contributed by atoms with Crippen LogP contribution < -0.4 is 15.4 Å². The van der Waals surface area contributed by atoms with Crippen LogP contribution in [0.4, 0.5) is 22.0 Å². The monoisotopic (exact) mass is 822 g/mol. The fraction of sp³-hybridized carbons (Fsp3) is 0.450. The lowest BCUT2D eigenvalue weighted by Gasteiger charge is -2.31. The number of unbranched alkanes of at least 4 members (excludes halogenated alkanes) is 1. The lowest BCUT2D eigenvalue weighted by Crippen LogP contribution is -2.58. The minimum atomic E-state index is -4.62. The van der Waals surface area contributed by atoms with Crippen LogP contribution in [0.25, 0.3) is 0 Å². The first-order valence-electron chi connectivity index (χ1n) is 18.2. The van der Waals surface area contributed by atoms with Crippen molar-refractivity contribution in [1.82, 2.24) is 20.5 Å². The van der Waals surface area contributed by atoms with Crippen molar-refractivity contribution >= 4 is 40.9 Å². The third kappa shape index (κ3) is 12.8. The molecular formula is C40H44ClF5N4O7. The van der Waals surface area contributed by atoms with Crippen LogP contribution in [0.1, 0.15) is 67.6 Å². The second kappa shape index (κ2) is 19.9. The van der Waals surface area contributed by atoms with Crippen LogP contribution >= 0.6 is 11.6 Å². The normalized spacial score (nSPS) is 16.8. The zero-order chi connectivity index (χ0) is 41.9. The number of carbonyl (C=O) groups is 5. The molecule has 1 saturated heterocycles. The van der Waals surface area contributed by atoms with E-state index in [-0.39, 0.29) is 31.7 Å². The smallest absolute Gasteiger partial charge is 0.389 e. The Morgan fingerprint density at radius 1 is 0.930 bits per heavy atom. The van der Waals surface area contributed by atoms with Gasteiger partial charge in [0.2, 0.25) is 23.4 Å². The molecule has 1 aliphatic heterocycles. The van der Waals surface area contributed by atoms with E-state index < -0.39 is 97.2 Å². The Morgan fingerprint density at radius 2 is 1.65 bits per heavy atom. The first kappa shape index (κ1) is 44.8. The first-order valence-corrected chi connectivity index (χ1v) is 18.6. The number of benzene rings is 2. The van der Waals surface area contributed by atoms with Crippen molar-refractivity contribution in [2.75, 3.05) is 13.7 Å². The van der Waals surface area contributed by atoms with Crippen LogP contribution in [-0.4, -0.2) is 89.2 Å². The molecule has 0 unspecified atom stereocenters. The summed E-state index contributed by atoms with van der Waals surface area (Å²) < 4.78 is 79.4. The zero-order valence-corrected chi connectivity index (χ0v) is 32.2. The van der Waals surface area contributed by atoms with Crippen molar-refractivity contribution in [1.29, 1.82) is 0 Å². The Hall–Kier alpha value is -4.96. The zero-order valence-electron chi connectivity index (χ0n) is 31.5. The predicted molar refractivity (Wildman–Crippen MR) is 199 cm³/mol. The summed E-state index contributed by atoms with van der Waals surface area (Å²) in [5.74, 6) is -11.2.